The van der Waals surface area contributed by atoms with Gasteiger partial charge in [0, 0.05) is 7.05 Å². The van der Waals surface area contributed by atoms with Crippen LogP contribution in [0.4, 0.5) is 5.95 Å². The molecule has 0 spiro atoms. The summed E-state index contributed by atoms with van der Waals surface area (Å²) in [5.74, 6) is 6.24. The van der Waals surface area contributed by atoms with Gasteiger partial charge in [-0.2, -0.15) is 4.98 Å². The Hall–Kier alpha value is -3.11. The van der Waals surface area contributed by atoms with Gasteiger partial charge in [-0.25, -0.2) is 10.6 Å². The molecule has 5 N–H and O–H groups in total. The molecular weight excluding hydrogens is 340 g/mol. The standard InChI is InChI=1S/C16H20N6O4/c1-9-3-5-11(6-4-9)26-8-10(23)7-22-12-13(18-15(22)20-17)21(2)16(25)19-14(12)24/h3-6,10,23H,7-8,17H2,1-2H3,(H,18,20)(H,19,24,25)/t10-/m1/s1. The average molecular weight is 360 g/mol. The first-order valence-electron chi connectivity index (χ1n) is 7.94. The fourth-order valence-corrected chi connectivity index (χ4v) is 2.61. The first-order chi connectivity index (χ1) is 12.4. The van der Waals surface area contributed by atoms with Crippen molar-refractivity contribution in [3.63, 3.8) is 0 Å². The lowest BCUT2D eigenvalue weighted by atomic mass is 10.2. The lowest BCUT2D eigenvalue weighted by molar-refractivity contribution is 0.0938. The highest BCUT2D eigenvalue weighted by Gasteiger charge is 2.19. The zero-order chi connectivity index (χ0) is 18.8. The summed E-state index contributed by atoms with van der Waals surface area (Å²) in [6, 6.07) is 7.42. The van der Waals surface area contributed by atoms with Crippen LogP contribution in [-0.4, -0.2) is 36.9 Å². The highest BCUT2D eigenvalue weighted by molar-refractivity contribution is 5.74. The van der Waals surface area contributed by atoms with Gasteiger partial charge in [0.2, 0.25) is 5.95 Å². The number of benzene rings is 1. The molecule has 3 rings (SSSR count). The number of aromatic nitrogens is 4. The van der Waals surface area contributed by atoms with Crippen LogP contribution >= 0.6 is 0 Å². The van der Waals surface area contributed by atoms with Crippen molar-refractivity contribution in [1.29, 1.82) is 0 Å². The van der Waals surface area contributed by atoms with E-state index < -0.39 is 17.4 Å². The molecule has 0 radical (unpaired) electrons. The summed E-state index contributed by atoms with van der Waals surface area (Å²) in [5, 5.41) is 10.3. The number of hydrogen-bond donors (Lipinski definition) is 4. The van der Waals surface area contributed by atoms with Gasteiger partial charge in [0.05, 0.1) is 6.54 Å². The van der Waals surface area contributed by atoms with Crippen molar-refractivity contribution in [2.24, 2.45) is 12.9 Å². The maximum atomic E-state index is 12.2. The number of nitrogens with one attached hydrogen (secondary N) is 2. The summed E-state index contributed by atoms with van der Waals surface area (Å²) in [6.07, 6.45) is -0.933. The number of nitrogens with two attached hydrogens (primary N) is 1. The van der Waals surface area contributed by atoms with Crippen molar-refractivity contribution < 1.29 is 9.84 Å². The van der Waals surface area contributed by atoms with Crippen LogP contribution in [0.15, 0.2) is 33.9 Å². The molecule has 138 valence electrons. The number of imidazole rings is 1. The number of anilines is 1. The SMILES string of the molecule is Cc1ccc(OC[C@H](O)Cn2c(NN)nc3c2c(=O)[nH]c(=O)n3C)cc1. The van der Waals surface area contributed by atoms with Crippen molar-refractivity contribution in [2.75, 3.05) is 12.0 Å². The van der Waals surface area contributed by atoms with Gasteiger partial charge < -0.3 is 14.4 Å². The Morgan fingerprint density at radius 1 is 1.35 bits per heavy atom. The van der Waals surface area contributed by atoms with Crippen LogP contribution in [0, 0.1) is 6.92 Å². The number of hydrazine groups is 1. The number of nitrogens with zero attached hydrogens (tertiary/aromatic N) is 3. The zero-order valence-electron chi connectivity index (χ0n) is 14.4. The Morgan fingerprint density at radius 3 is 2.69 bits per heavy atom. The van der Waals surface area contributed by atoms with Gasteiger partial charge in [0.25, 0.3) is 5.56 Å². The molecule has 26 heavy (non-hydrogen) atoms. The summed E-state index contributed by atoms with van der Waals surface area (Å²) >= 11 is 0. The van der Waals surface area contributed by atoms with Gasteiger partial charge in [-0.3, -0.25) is 19.8 Å². The van der Waals surface area contributed by atoms with Crippen LogP contribution < -0.4 is 27.3 Å². The predicted molar refractivity (Wildman–Crippen MR) is 96.1 cm³/mol. The Balaban J connectivity index is 1.85. The topological polar surface area (TPSA) is 140 Å². The predicted octanol–water partition coefficient (Wildman–Crippen LogP) is -0.543. The van der Waals surface area contributed by atoms with E-state index in [-0.39, 0.29) is 30.3 Å². The molecule has 0 fully saturated rings. The Kier molecular flexibility index (Phi) is 4.78. The van der Waals surface area contributed by atoms with Gasteiger partial charge in [0.15, 0.2) is 11.2 Å². The molecule has 0 unspecified atom stereocenters. The van der Waals surface area contributed by atoms with Crippen LogP contribution in [0.3, 0.4) is 0 Å². The lowest BCUT2D eigenvalue weighted by Gasteiger charge is -2.15. The number of fused-ring (bicyclic) bond motifs is 1. The number of hydrogen-bond acceptors (Lipinski definition) is 7. The quantitative estimate of drug-likeness (QED) is 0.342. The second-order valence-corrected chi connectivity index (χ2v) is 5.96. The van der Waals surface area contributed by atoms with Crippen molar-refractivity contribution in [2.45, 2.75) is 19.6 Å². The molecule has 0 amide bonds. The zero-order valence-corrected chi connectivity index (χ0v) is 14.4. The smallest absolute Gasteiger partial charge is 0.329 e. The molecule has 0 aliphatic heterocycles. The first-order valence-corrected chi connectivity index (χ1v) is 7.94. The van der Waals surface area contributed by atoms with Crippen molar-refractivity contribution >= 4 is 17.1 Å². The summed E-state index contributed by atoms with van der Waals surface area (Å²) < 4.78 is 8.16. The number of aliphatic hydroxyl groups is 1. The van der Waals surface area contributed by atoms with Gasteiger partial charge in [-0.15, -0.1) is 0 Å². The van der Waals surface area contributed by atoms with Crippen molar-refractivity contribution in [3.8, 4) is 5.75 Å². The van der Waals surface area contributed by atoms with Crippen LogP contribution in [0.5, 0.6) is 5.75 Å². The molecule has 0 saturated heterocycles. The minimum Gasteiger partial charge on any atom is -0.491 e. The summed E-state index contributed by atoms with van der Waals surface area (Å²) in [4.78, 5) is 30.2. The molecule has 10 nitrogen and oxygen atoms in total. The van der Waals surface area contributed by atoms with Gasteiger partial charge in [-0.05, 0) is 19.1 Å². The molecule has 2 aromatic heterocycles. The maximum Gasteiger partial charge on any atom is 0.329 e. The van der Waals surface area contributed by atoms with Crippen LogP contribution in [0.25, 0.3) is 11.2 Å². The fraction of sp³-hybridized carbons (Fsp3) is 0.312. The van der Waals surface area contributed by atoms with E-state index in [0.717, 1.165) is 5.56 Å². The molecule has 1 atom stereocenters. The molecule has 0 aliphatic rings. The maximum absolute atomic E-state index is 12.2. The van der Waals surface area contributed by atoms with E-state index in [1.165, 1.54) is 16.2 Å². The van der Waals surface area contributed by atoms with E-state index in [4.69, 9.17) is 10.6 Å². The lowest BCUT2D eigenvalue weighted by Crippen LogP contribution is -2.31. The van der Waals surface area contributed by atoms with Crippen molar-refractivity contribution in [1.82, 2.24) is 19.1 Å². The number of nitrogen functional groups attached to an aromatic ring is 1. The third-order valence-electron chi connectivity index (χ3n) is 3.99. The second kappa shape index (κ2) is 7.02. The normalized spacial score (nSPS) is 12.3. The molecule has 0 saturated carbocycles. The second-order valence-electron chi connectivity index (χ2n) is 5.96. The van der Waals surface area contributed by atoms with Gasteiger partial charge in [0.1, 0.15) is 18.5 Å². The monoisotopic (exact) mass is 360 g/mol. The fourth-order valence-electron chi connectivity index (χ4n) is 2.61. The largest absolute Gasteiger partial charge is 0.491 e. The first kappa shape index (κ1) is 17.7. The third-order valence-corrected chi connectivity index (χ3v) is 3.99. The highest BCUT2D eigenvalue weighted by atomic mass is 16.5. The number of H-pyrrole nitrogens is 1. The van der Waals surface area contributed by atoms with Crippen LogP contribution in [0.2, 0.25) is 0 Å². The number of aryl methyl sites for hydroxylation is 2. The highest BCUT2D eigenvalue weighted by Crippen LogP contribution is 2.16. The average Bonchev–Trinajstić information content (AvgIpc) is 2.98. The molecule has 0 aliphatic carbocycles. The molecule has 0 bridgehead atoms. The van der Waals surface area contributed by atoms with Crippen LogP contribution in [0.1, 0.15) is 5.56 Å². The number of ether oxygens (including phenoxy) is 1. The van der Waals surface area contributed by atoms with Crippen LogP contribution in [-0.2, 0) is 13.6 Å². The number of aromatic amines is 1. The number of aliphatic hydroxyl groups excluding tert-OH is 1. The van der Waals surface area contributed by atoms with E-state index in [2.05, 4.69) is 15.4 Å². The third kappa shape index (κ3) is 3.32. The van der Waals surface area contributed by atoms with E-state index in [1.807, 2.05) is 31.2 Å². The summed E-state index contributed by atoms with van der Waals surface area (Å²) in [7, 11) is 1.48. The van der Waals surface area contributed by atoms with Crippen molar-refractivity contribution in [3.05, 3.63) is 50.7 Å². The van der Waals surface area contributed by atoms with E-state index >= 15 is 0 Å². The molecule has 3 aromatic rings. The number of rotatable bonds is 6. The van der Waals surface area contributed by atoms with E-state index in [1.54, 1.807) is 0 Å². The Bertz CT molecular complexity index is 1030. The minimum atomic E-state index is -0.933. The Labute approximate surface area is 147 Å². The van der Waals surface area contributed by atoms with Gasteiger partial charge in [-0.1, -0.05) is 17.7 Å². The summed E-state index contributed by atoms with van der Waals surface area (Å²) in [5.41, 5.74) is 2.59. The minimum absolute atomic E-state index is 0.00315. The molecular formula is C16H20N6O4. The molecule has 2 heterocycles. The molecule has 1 aromatic carbocycles. The summed E-state index contributed by atoms with van der Waals surface area (Å²) in [6.45, 7) is 1.98. The van der Waals surface area contributed by atoms with Gasteiger partial charge >= 0.3 is 5.69 Å². The van der Waals surface area contributed by atoms with E-state index in [0.29, 0.717) is 5.75 Å². The molecule has 10 heteroatoms. The Morgan fingerprint density at radius 2 is 2.04 bits per heavy atom. The van der Waals surface area contributed by atoms with E-state index in [9.17, 15) is 14.7 Å².